The molecule has 0 aliphatic carbocycles. The number of pyridine rings is 1. The molecule has 1 heterocycles. The van der Waals surface area contributed by atoms with Crippen LogP contribution < -0.4 is 10.1 Å². The molecule has 0 aliphatic rings. The molecule has 2 aromatic rings. The van der Waals surface area contributed by atoms with Gasteiger partial charge in [0, 0.05) is 11.8 Å². The largest absolute Gasteiger partial charge is 0.505 e. The number of hydrogen-bond donors (Lipinski definition) is 3. The number of carbonyl (C=O) groups excluding carboxylic acids is 1. The van der Waals surface area contributed by atoms with Gasteiger partial charge in [-0.1, -0.05) is 30.9 Å². The summed E-state index contributed by atoms with van der Waals surface area (Å²) in [5, 5.41) is 20.5. The Morgan fingerprint density at radius 2 is 2.00 bits per heavy atom. The molecule has 0 atom stereocenters. The average molecular weight is 354 g/mol. The van der Waals surface area contributed by atoms with Crippen LogP contribution in [0.5, 0.6) is 11.5 Å². The van der Waals surface area contributed by atoms with Crippen LogP contribution >= 0.6 is 0 Å². The number of aryl methyl sites for hydroxylation is 1. The standard InChI is InChI=1S/C19H18N2O5/c1-2-13-5-7-15(8-6-13)26-9-3-4-14-10-16(22)18(20-11-14)19(25)21-12-17(23)24/h5-8,10-11,22H,2,9,12H2,1H3,(H,21,25)(H,23,24). The number of aromatic hydroxyl groups is 1. The van der Waals surface area contributed by atoms with Crippen molar-refractivity contribution >= 4 is 11.9 Å². The molecule has 1 aromatic heterocycles. The molecule has 1 aromatic carbocycles. The fourth-order valence-electron chi connectivity index (χ4n) is 2.02. The zero-order valence-electron chi connectivity index (χ0n) is 14.2. The lowest BCUT2D eigenvalue weighted by Crippen LogP contribution is -2.29. The Balaban J connectivity index is 1.93. The van der Waals surface area contributed by atoms with E-state index in [9.17, 15) is 14.7 Å². The smallest absolute Gasteiger partial charge is 0.322 e. The monoisotopic (exact) mass is 354 g/mol. The Kier molecular flexibility index (Phi) is 6.57. The number of carboxylic acid groups (broad SMARTS) is 1. The molecule has 0 saturated heterocycles. The van der Waals surface area contributed by atoms with Crippen LogP contribution in [0.3, 0.4) is 0 Å². The first kappa shape index (κ1) is 18.8. The van der Waals surface area contributed by atoms with E-state index in [0.717, 1.165) is 6.42 Å². The summed E-state index contributed by atoms with van der Waals surface area (Å²) in [6.45, 7) is 1.68. The quantitative estimate of drug-likeness (QED) is 0.680. The van der Waals surface area contributed by atoms with Gasteiger partial charge in [0.2, 0.25) is 0 Å². The Hall–Kier alpha value is -3.53. The summed E-state index contributed by atoms with van der Waals surface area (Å²) in [7, 11) is 0. The highest BCUT2D eigenvalue weighted by Gasteiger charge is 2.13. The SMILES string of the molecule is CCc1ccc(OCC#Cc2cnc(C(=O)NCC(=O)O)c(O)c2)cc1. The first-order valence-electron chi connectivity index (χ1n) is 7.89. The molecule has 0 radical (unpaired) electrons. The van der Waals surface area contributed by atoms with Gasteiger partial charge in [0.25, 0.3) is 5.91 Å². The van der Waals surface area contributed by atoms with E-state index in [-0.39, 0.29) is 18.1 Å². The highest BCUT2D eigenvalue weighted by Crippen LogP contribution is 2.15. The van der Waals surface area contributed by atoms with Crippen molar-refractivity contribution in [3.63, 3.8) is 0 Å². The van der Waals surface area contributed by atoms with E-state index in [1.165, 1.54) is 17.8 Å². The van der Waals surface area contributed by atoms with Crippen LogP contribution in [0.4, 0.5) is 0 Å². The topological polar surface area (TPSA) is 109 Å². The van der Waals surface area contributed by atoms with Crippen molar-refractivity contribution in [1.82, 2.24) is 10.3 Å². The van der Waals surface area contributed by atoms with Gasteiger partial charge in [-0.15, -0.1) is 0 Å². The molecule has 7 nitrogen and oxygen atoms in total. The number of ether oxygens (including phenoxy) is 1. The number of nitrogens with zero attached hydrogens (tertiary/aromatic N) is 1. The summed E-state index contributed by atoms with van der Waals surface area (Å²) >= 11 is 0. The highest BCUT2D eigenvalue weighted by atomic mass is 16.5. The lowest BCUT2D eigenvalue weighted by Gasteiger charge is -2.04. The molecular weight excluding hydrogens is 336 g/mol. The lowest BCUT2D eigenvalue weighted by molar-refractivity contribution is -0.135. The number of benzene rings is 1. The van der Waals surface area contributed by atoms with Crippen molar-refractivity contribution in [2.45, 2.75) is 13.3 Å². The molecule has 0 saturated carbocycles. The molecule has 0 bridgehead atoms. The number of amides is 1. The minimum absolute atomic E-state index is 0.160. The van der Waals surface area contributed by atoms with Gasteiger partial charge >= 0.3 is 5.97 Å². The van der Waals surface area contributed by atoms with E-state index in [1.54, 1.807) is 0 Å². The minimum Gasteiger partial charge on any atom is -0.505 e. The van der Waals surface area contributed by atoms with E-state index < -0.39 is 18.4 Å². The maximum absolute atomic E-state index is 11.7. The van der Waals surface area contributed by atoms with Gasteiger partial charge in [-0.05, 0) is 30.2 Å². The van der Waals surface area contributed by atoms with Gasteiger partial charge < -0.3 is 20.3 Å². The summed E-state index contributed by atoms with van der Waals surface area (Å²) in [5.74, 6) is 3.93. The van der Waals surface area contributed by atoms with E-state index in [0.29, 0.717) is 11.3 Å². The molecule has 0 unspecified atom stereocenters. The third-order valence-corrected chi connectivity index (χ3v) is 3.36. The molecular formula is C19H18N2O5. The Labute approximate surface area is 150 Å². The zero-order valence-corrected chi connectivity index (χ0v) is 14.2. The second-order valence-corrected chi connectivity index (χ2v) is 5.26. The molecule has 0 spiro atoms. The first-order valence-corrected chi connectivity index (χ1v) is 7.89. The predicted octanol–water partition coefficient (Wildman–Crippen LogP) is 1.59. The number of aromatic nitrogens is 1. The minimum atomic E-state index is -1.19. The van der Waals surface area contributed by atoms with Crippen LogP contribution in [0.25, 0.3) is 0 Å². The van der Waals surface area contributed by atoms with Crippen molar-refractivity contribution in [3.8, 4) is 23.3 Å². The molecule has 0 fully saturated rings. The van der Waals surface area contributed by atoms with Gasteiger partial charge in [-0.3, -0.25) is 9.59 Å². The molecule has 7 heteroatoms. The molecule has 0 aliphatic heterocycles. The Morgan fingerprint density at radius 3 is 2.62 bits per heavy atom. The summed E-state index contributed by atoms with van der Waals surface area (Å²) in [6, 6.07) is 9.00. The van der Waals surface area contributed by atoms with Crippen LogP contribution in [-0.4, -0.2) is 40.2 Å². The first-order chi connectivity index (χ1) is 12.5. The number of hydrogen-bond acceptors (Lipinski definition) is 5. The van der Waals surface area contributed by atoms with Gasteiger partial charge in [0.1, 0.15) is 24.7 Å². The summed E-state index contributed by atoms with van der Waals surface area (Å²) in [4.78, 5) is 25.9. The van der Waals surface area contributed by atoms with Crippen LogP contribution in [0.15, 0.2) is 36.5 Å². The molecule has 134 valence electrons. The van der Waals surface area contributed by atoms with Gasteiger partial charge in [0.05, 0.1) is 0 Å². The van der Waals surface area contributed by atoms with E-state index in [4.69, 9.17) is 9.84 Å². The van der Waals surface area contributed by atoms with Crippen LogP contribution in [0.2, 0.25) is 0 Å². The van der Waals surface area contributed by atoms with Crippen LogP contribution in [0.1, 0.15) is 28.5 Å². The Bertz CT molecular complexity index is 850. The second kappa shape index (κ2) is 9.08. The van der Waals surface area contributed by atoms with Gasteiger partial charge in [0.15, 0.2) is 5.69 Å². The number of carbonyl (C=O) groups is 2. The average Bonchev–Trinajstić information content (AvgIpc) is 2.64. The van der Waals surface area contributed by atoms with Crippen molar-refractivity contribution < 1.29 is 24.5 Å². The summed E-state index contributed by atoms with van der Waals surface area (Å²) in [6.07, 6.45) is 2.28. The van der Waals surface area contributed by atoms with E-state index >= 15 is 0 Å². The van der Waals surface area contributed by atoms with Crippen molar-refractivity contribution in [3.05, 3.63) is 53.3 Å². The molecule has 1 amide bonds. The number of nitrogens with one attached hydrogen (secondary N) is 1. The fourth-order valence-corrected chi connectivity index (χ4v) is 2.02. The lowest BCUT2D eigenvalue weighted by atomic mass is 10.2. The van der Waals surface area contributed by atoms with E-state index in [2.05, 4.69) is 29.1 Å². The fraction of sp³-hybridized carbons (Fsp3) is 0.211. The second-order valence-electron chi connectivity index (χ2n) is 5.26. The molecule has 26 heavy (non-hydrogen) atoms. The highest BCUT2D eigenvalue weighted by molar-refractivity contribution is 5.96. The van der Waals surface area contributed by atoms with Crippen LogP contribution in [0, 0.1) is 11.8 Å². The third kappa shape index (κ3) is 5.53. The molecule has 2 rings (SSSR count). The van der Waals surface area contributed by atoms with Gasteiger partial charge in [-0.25, -0.2) is 4.98 Å². The maximum Gasteiger partial charge on any atom is 0.322 e. The third-order valence-electron chi connectivity index (χ3n) is 3.36. The van der Waals surface area contributed by atoms with Crippen molar-refractivity contribution in [1.29, 1.82) is 0 Å². The molecule has 3 N–H and O–H groups in total. The van der Waals surface area contributed by atoms with Crippen molar-refractivity contribution in [2.75, 3.05) is 13.2 Å². The number of aliphatic carboxylic acids is 1. The Morgan fingerprint density at radius 1 is 1.27 bits per heavy atom. The summed E-state index contributed by atoms with van der Waals surface area (Å²) < 4.78 is 5.50. The normalized spacial score (nSPS) is 9.73. The number of rotatable bonds is 6. The zero-order chi connectivity index (χ0) is 18.9. The predicted molar refractivity (Wildman–Crippen MR) is 94.1 cm³/mol. The van der Waals surface area contributed by atoms with E-state index in [1.807, 2.05) is 24.3 Å². The number of carboxylic acids is 1. The van der Waals surface area contributed by atoms with Gasteiger partial charge in [-0.2, -0.15) is 0 Å². The van der Waals surface area contributed by atoms with Crippen LogP contribution in [-0.2, 0) is 11.2 Å². The summed E-state index contributed by atoms with van der Waals surface area (Å²) in [5.41, 5.74) is 1.36. The van der Waals surface area contributed by atoms with Crippen molar-refractivity contribution in [2.24, 2.45) is 0 Å². The maximum atomic E-state index is 11.7.